The summed E-state index contributed by atoms with van der Waals surface area (Å²) in [5, 5.41) is 11.4. The lowest BCUT2D eigenvalue weighted by Gasteiger charge is -2.20. The molecule has 0 saturated carbocycles. The van der Waals surface area contributed by atoms with Crippen LogP contribution in [0.15, 0.2) is 30.3 Å². The van der Waals surface area contributed by atoms with Crippen LogP contribution in [0.2, 0.25) is 0 Å². The van der Waals surface area contributed by atoms with Gasteiger partial charge in [-0.25, -0.2) is 0 Å². The minimum absolute atomic E-state index is 0.0111. The first kappa shape index (κ1) is 40.3. The molecule has 1 heterocycles. The maximum atomic E-state index is 12.8. The third kappa shape index (κ3) is 14.8. The standard InChI is InChI=1S/C31H41F3N6O9/c1-19-13-27(46)40(30(19)48)12-8-4-7-11-23(42)35-15-24(43)36-17-26(45)39-22(14-21-9-5-3-6-10-21)29(47)37-16-25(44)38-18-49-28(20(2)41)31(32,33)34/h3,5-6,9-10,19,22,28H,4,7-8,11-18H2,1-2H3,(H,35,42)(H,36,43)(H,37,47)(H,38,44)(H,39,45)/t19?,22-,28-/m0/s1. The van der Waals surface area contributed by atoms with E-state index in [1.54, 1.807) is 37.3 Å². The summed E-state index contributed by atoms with van der Waals surface area (Å²) in [6.45, 7) is 0.0822. The van der Waals surface area contributed by atoms with Crippen molar-refractivity contribution < 1.29 is 56.3 Å². The summed E-state index contributed by atoms with van der Waals surface area (Å²) < 4.78 is 42.8. The van der Waals surface area contributed by atoms with Crippen LogP contribution in [0.4, 0.5) is 13.2 Å². The summed E-state index contributed by atoms with van der Waals surface area (Å²) in [5.41, 5.74) is 0.641. The van der Waals surface area contributed by atoms with E-state index < -0.39 is 80.0 Å². The zero-order valence-electron chi connectivity index (χ0n) is 27.2. The highest BCUT2D eigenvalue weighted by molar-refractivity contribution is 6.03. The molecule has 0 aliphatic carbocycles. The average Bonchev–Trinajstić information content (AvgIpc) is 3.28. The van der Waals surface area contributed by atoms with Gasteiger partial charge in [-0.2, -0.15) is 13.2 Å². The molecular formula is C31H41F3N6O9. The Bertz CT molecular complexity index is 1360. The summed E-state index contributed by atoms with van der Waals surface area (Å²) in [5.74, 6) is -5.59. The van der Waals surface area contributed by atoms with Gasteiger partial charge in [0.05, 0.1) is 19.6 Å². The van der Waals surface area contributed by atoms with Crippen LogP contribution in [0.3, 0.4) is 0 Å². The molecule has 1 aromatic carbocycles. The van der Waals surface area contributed by atoms with Gasteiger partial charge < -0.3 is 31.3 Å². The Balaban J connectivity index is 1.73. The lowest BCUT2D eigenvalue weighted by atomic mass is 10.1. The molecule has 270 valence electrons. The third-order valence-electron chi connectivity index (χ3n) is 7.19. The number of benzene rings is 1. The van der Waals surface area contributed by atoms with Crippen LogP contribution in [0.5, 0.6) is 0 Å². The minimum atomic E-state index is -4.97. The molecule has 1 saturated heterocycles. The highest BCUT2D eigenvalue weighted by Gasteiger charge is 2.44. The minimum Gasteiger partial charge on any atom is -0.347 e. The topological polar surface area (TPSA) is 209 Å². The maximum absolute atomic E-state index is 12.8. The van der Waals surface area contributed by atoms with E-state index in [1.807, 2.05) is 5.32 Å². The van der Waals surface area contributed by atoms with Crippen molar-refractivity contribution in [3.63, 3.8) is 0 Å². The molecule has 0 spiro atoms. The molecule has 0 radical (unpaired) electrons. The molecule has 49 heavy (non-hydrogen) atoms. The van der Waals surface area contributed by atoms with Crippen molar-refractivity contribution >= 4 is 47.1 Å². The van der Waals surface area contributed by atoms with E-state index in [0.29, 0.717) is 38.3 Å². The molecule has 1 unspecified atom stereocenters. The Kier molecular flexibility index (Phi) is 16.3. The summed E-state index contributed by atoms with van der Waals surface area (Å²) in [6.07, 6.45) is -5.78. The van der Waals surface area contributed by atoms with Gasteiger partial charge in [-0.05, 0) is 25.3 Å². The van der Waals surface area contributed by atoms with Crippen molar-refractivity contribution in [3.8, 4) is 0 Å². The number of likely N-dealkylation sites (tertiary alicyclic amines) is 1. The summed E-state index contributed by atoms with van der Waals surface area (Å²) in [4.78, 5) is 97.8. The third-order valence-corrected chi connectivity index (χ3v) is 7.19. The van der Waals surface area contributed by atoms with Crippen molar-refractivity contribution in [2.24, 2.45) is 5.92 Å². The van der Waals surface area contributed by atoms with Crippen LogP contribution in [0.1, 0.15) is 51.5 Å². The van der Waals surface area contributed by atoms with Crippen LogP contribution >= 0.6 is 0 Å². The fourth-order valence-electron chi connectivity index (χ4n) is 4.63. The van der Waals surface area contributed by atoms with E-state index in [2.05, 4.69) is 26.0 Å². The highest BCUT2D eigenvalue weighted by atomic mass is 19.4. The van der Waals surface area contributed by atoms with Crippen LogP contribution in [-0.4, -0.2) is 103 Å². The van der Waals surface area contributed by atoms with Crippen molar-refractivity contribution in [2.75, 3.05) is 32.9 Å². The predicted molar refractivity (Wildman–Crippen MR) is 165 cm³/mol. The Morgan fingerprint density at radius 1 is 0.857 bits per heavy atom. The van der Waals surface area contributed by atoms with Crippen molar-refractivity contribution in [1.29, 1.82) is 0 Å². The predicted octanol–water partition coefficient (Wildman–Crippen LogP) is -0.372. The molecule has 18 heteroatoms. The number of ketones is 1. The lowest BCUT2D eigenvalue weighted by Crippen LogP contribution is -2.52. The smallest absolute Gasteiger partial charge is 0.347 e. The number of hydrogen-bond acceptors (Lipinski definition) is 9. The van der Waals surface area contributed by atoms with Gasteiger partial charge in [0.1, 0.15) is 12.8 Å². The number of Topliss-reactive ketones (excluding diaryl/α,β-unsaturated/α-hetero) is 1. The monoisotopic (exact) mass is 698 g/mol. The summed E-state index contributed by atoms with van der Waals surface area (Å²) in [7, 11) is 0. The van der Waals surface area contributed by atoms with E-state index in [0.717, 1.165) is 0 Å². The number of imide groups is 1. The maximum Gasteiger partial charge on any atom is 0.421 e. The molecule has 3 atom stereocenters. The number of carbonyl (C=O) groups is 8. The van der Waals surface area contributed by atoms with Crippen LogP contribution in [0.25, 0.3) is 0 Å². The number of hydrogen-bond donors (Lipinski definition) is 5. The molecule has 0 aromatic heterocycles. The van der Waals surface area contributed by atoms with E-state index in [9.17, 15) is 51.5 Å². The van der Waals surface area contributed by atoms with E-state index in [4.69, 9.17) is 0 Å². The van der Waals surface area contributed by atoms with Crippen LogP contribution in [-0.2, 0) is 49.5 Å². The first-order chi connectivity index (χ1) is 23.1. The number of rotatable bonds is 20. The van der Waals surface area contributed by atoms with Crippen molar-refractivity contribution in [3.05, 3.63) is 35.9 Å². The van der Waals surface area contributed by atoms with Gasteiger partial charge in [0.15, 0.2) is 5.78 Å². The van der Waals surface area contributed by atoms with Gasteiger partial charge in [0.25, 0.3) is 0 Å². The normalized spacial score (nSPS) is 15.6. The zero-order chi connectivity index (χ0) is 36.6. The second-order valence-electron chi connectivity index (χ2n) is 11.3. The molecule has 1 aliphatic heterocycles. The van der Waals surface area contributed by atoms with Crippen LogP contribution < -0.4 is 26.6 Å². The van der Waals surface area contributed by atoms with E-state index >= 15 is 0 Å². The molecular weight excluding hydrogens is 657 g/mol. The van der Waals surface area contributed by atoms with Gasteiger partial charge in [0.2, 0.25) is 47.5 Å². The number of carbonyl (C=O) groups excluding carboxylic acids is 8. The summed E-state index contributed by atoms with van der Waals surface area (Å²) in [6, 6.07) is 7.28. The number of ether oxygens (including phenoxy) is 1. The number of nitrogens with zero attached hydrogens (tertiary/aromatic N) is 1. The Labute approximate surface area is 280 Å². The van der Waals surface area contributed by atoms with Gasteiger partial charge in [-0.3, -0.25) is 43.3 Å². The second kappa shape index (κ2) is 19.8. The van der Waals surface area contributed by atoms with E-state index in [1.165, 1.54) is 4.90 Å². The van der Waals surface area contributed by atoms with Gasteiger partial charge in [0, 0.05) is 31.7 Å². The number of unbranched alkanes of at least 4 members (excludes halogenated alkanes) is 2. The molecule has 0 bridgehead atoms. The molecule has 7 amide bonds. The Morgan fingerprint density at radius 3 is 2.08 bits per heavy atom. The Hall–Kier alpha value is -4.87. The Morgan fingerprint density at radius 2 is 1.47 bits per heavy atom. The fraction of sp³-hybridized carbons (Fsp3) is 0.548. The number of amides is 7. The van der Waals surface area contributed by atoms with Gasteiger partial charge >= 0.3 is 6.18 Å². The number of alkyl halides is 3. The molecule has 2 rings (SSSR count). The molecule has 15 nitrogen and oxygen atoms in total. The van der Waals surface area contributed by atoms with Crippen molar-refractivity contribution in [2.45, 2.75) is 70.7 Å². The first-order valence-electron chi connectivity index (χ1n) is 15.5. The van der Waals surface area contributed by atoms with Crippen molar-refractivity contribution in [1.82, 2.24) is 31.5 Å². The van der Waals surface area contributed by atoms with Gasteiger partial charge in [-0.15, -0.1) is 0 Å². The van der Waals surface area contributed by atoms with Crippen LogP contribution in [0, 0.1) is 5.92 Å². The second-order valence-corrected chi connectivity index (χ2v) is 11.3. The molecule has 5 N–H and O–H groups in total. The molecule has 1 fully saturated rings. The molecule has 1 aliphatic rings. The first-order valence-corrected chi connectivity index (χ1v) is 15.5. The van der Waals surface area contributed by atoms with Gasteiger partial charge in [-0.1, -0.05) is 43.7 Å². The lowest BCUT2D eigenvalue weighted by molar-refractivity contribution is -0.218. The van der Waals surface area contributed by atoms with E-state index in [-0.39, 0.29) is 37.0 Å². The zero-order valence-corrected chi connectivity index (χ0v) is 27.2. The highest BCUT2D eigenvalue weighted by Crippen LogP contribution is 2.23. The number of nitrogens with one attached hydrogen (secondary N) is 5. The summed E-state index contributed by atoms with van der Waals surface area (Å²) >= 11 is 0. The quantitative estimate of drug-likeness (QED) is 0.0683. The largest absolute Gasteiger partial charge is 0.421 e. The number of halogens is 3. The molecule has 1 aromatic rings. The fourth-order valence-corrected chi connectivity index (χ4v) is 4.63. The SMILES string of the molecule is CC(=O)[C@H](OCNC(=O)CNC(=O)[C@H](Cc1ccccc1)NC(=O)CNC(=O)CNC(=O)CCCCCN1C(=O)CC(C)C1=O)C(F)(F)F. The average molecular weight is 699 g/mol.